The van der Waals surface area contributed by atoms with Crippen molar-refractivity contribution in [2.24, 2.45) is 11.8 Å². The van der Waals surface area contributed by atoms with Crippen LogP contribution in [-0.2, 0) is 9.53 Å². The van der Waals surface area contributed by atoms with E-state index in [2.05, 4.69) is 0 Å². The molecule has 0 aliphatic carbocycles. The van der Waals surface area contributed by atoms with Gasteiger partial charge in [-0.3, -0.25) is 4.79 Å². The summed E-state index contributed by atoms with van der Waals surface area (Å²) < 4.78 is 4.70. The van der Waals surface area contributed by atoms with E-state index in [9.17, 15) is 4.79 Å². The Kier molecular flexibility index (Phi) is 4.90. The summed E-state index contributed by atoms with van der Waals surface area (Å²) in [4.78, 5) is 11.6. The Bertz CT molecular complexity index is 471. The van der Waals surface area contributed by atoms with Crippen molar-refractivity contribution in [2.45, 2.75) is 12.8 Å². The maximum absolute atomic E-state index is 11.6. The molecule has 0 radical (unpaired) electrons. The van der Waals surface area contributed by atoms with Crippen molar-refractivity contribution >= 4 is 5.97 Å². The Morgan fingerprint density at radius 2 is 1.78 bits per heavy atom. The number of ether oxygens (including phenoxy) is 1. The highest BCUT2D eigenvalue weighted by atomic mass is 16.5. The van der Waals surface area contributed by atoms with Gasteiger partial charge in [-0.15, -0.1) is 0 Å². The van der Waals surface area contributed by atoms with Gasteiger partial charge in [-0.2, -0.15) is 10.5 Å². The van der Waals surface area contributed by atoms with Gasteiger partial charge < -0.3 is 4.74 Å². The Morgan fingerprint density at radius 3 is 2.22 bits per heavy atom. The lowest BCUT2D eigenvalue weighted by Gasteiger charge is -2.23. The third kappa shape index (κ3) is 2.87. The van der Waals surface area contributed by atoms with E-state index in [-0.39, 0.29) is 0 Å². The van der Waals surface area contributed by atoms with Gasteiger partial charge in [0.1, 0.15) is 5.92 Å². The first-order chi connectivity index (χ1) is 8.65. The summed E-state index contributed by atoms with van der Waals surface area (Å²) in [5, 5.41) is 18.1. The largest absolute Gasteiger partial charge is 0.469 e. The van der Waals surface area contributed by atoms with E-state index in [1.807, 2.05) is 42.5 Å². The minimum absolute atomic E-state index is 0.417. The van der Waals surface area contributed by atoms with Crippen LogP contribution in [-0.4, -0.2) is 13.1 Å². The van der Waals surface area contributed by atoms with Crippen LogP contribution in [0, 0.1) is 34.5 Å². The van der Waals surface area contributed by atoms with Gasteiger partial charge in [-0.25, -0.2) is 0 Å². The number of carbonyl (C=O) groups excluding carboxylic acids is 1. The van der Waals surface area contributed by atoms with Gasteiger partial charge >= 0.3 is 5.97 Å². The van der Waals surface area contributed by atoms with Gasteiger partial charge in [-0.05, 0) is 5.56 Å². The minimum atomic E-state index is -0.874. The molecule has 0 amide bonds. The Balaban J connectivity index is 3.16. The highest BCUT2D eigenvalue weighted by Gasteiger charge is 2.33. The number of nitriles is 2. The number of hydrogen-bond acceptors (Lipinski definition) is 4. The van der Waals surface area contributed by atoms with Crippen LogP contribution in [0.25, 0.3) is 0 Å². The number of rotatable bonds is 4. The van der Waals surface area contributed by atoms with E-state index in [4.69, 9.17) is 15.3 Å². The molecule has 0 fully saturated rings. The number of nitrogens with zero attached hydrogens (tertiary/aromatic N) is 2. The van der Waals surface area contributed by atoms with Crippen molar-refractivity contribution in [3.63, 3.8) is 0 Å². The van der Waals surface area contributed by atoms with Crippen LogP contribution in [0.1, 0.15) is 18.4 Å². The van der Waals surface area contributed by atoms with E-state index in [1.54, 1.807) is 6.92 Å². The van der Waals surface area contributed by atoms with Crippen LogP contribution in [0.3, 0.4) is 0 Å². The minimum Gasteiger partial charge on any atom is -0.469 e. The van der Waals surface area contributed by atoms with E-state index in [0.29, 0.717) is 0 Å². The quantitative estimate of drug-likeness (QED) is 0.759. The molecule has 4 nitrogen and oxygen atoms in total. The van der Waals surface area contributed by atoms with Gasteiger partial charge in [0.05, 0.1) is 25.2 Å². The molecule has 0 unspecified atom stereocenters. The van der Waals surface area contributed by atoms with E-state index in [1.165, 1.54) is 7.11 Å². The lowest BCUT2D eigenvalue weighted by atomic mass is 9.79. The molecule has 0 aliphatic heterocycles. The smallest absolute Gasteiger partial charge is 0.309 e. The standard InChI is InChI=1S/C14H14N2O2/c1-10(14(17)18-2)13(12(8-15)9-16)11-6-4-3-5-7-11/h3-7,10,12-13H,1-2H3/t10-,13+/m1/s1. The Morgan fingerprint density at radius 1 is 1.22 bits per heavy atom. The maximum atomic E-state index is 11.6. The maximum Gasteiger partial charge on any atom is 0.309 e. The van der Waals surface area contributed by atoms with Crippen molar-refractivity contribution in [3.8, 4) is 12.1 Å². The molecule has 0 heterocycles. The van der Waals surface area contributed by atoms with Gasteiger partial charge in [0.2, 0.25) is 0 Å². The fourth-order valence-electron chi connectivity index (χ4n) is 1.97. The van der Waals surface area contributed by atoms with Crippen molar-refractivity contribution in [3.05, 3.63) is 35.9 Å². The molecule has 0 spiro atoms. The van der Waals surface area contributed by atoms with Gasteiger partial charge in [0.15, 0.2) is 0 Å². The number of carbonyl (C=O) groups is 1. The Hall–Kier alpha value is -2.33. The summed E-state index contributed by atoms with van der Waals surface area (Å²) in [6, 6.07) is 13.0. The van der Waals surface area contributed by atoms with Crippen molar-refractivity contribution in [1.29, 1.82) is 10.5 Å². The highest BCUT2D eigenvalue weighted by Crippen LogP contribution is 2.32. The lowest BCUT2D eigenvalue weighted by molar-refractivity contribution is -0.145. The van der Waals surface area contributed by atoms with Crippen molar-refractivity contribution < 1.29 is 9.53 Å². The molecule has 0 saturated carbocycles. The van der Waals surface area contributed by atoms with Crippen LogP contribution in [0.15, 0.2) is 30.3 Å². The molecular weight excluding hydrogens is 228 g/mol. The van der Waals surface area contributed by atoms with Gasteiger partial charge in [0, 0.05) is 5.92 Å². The summed E-state index contributed by atoms with van der Waals surface area (Å²) in [5.74, 6) is -2.31. The summed E-state index contributed by atoms with van der Waals surface area (Å²) >= 11 is 0. The molecule has 0 saturated heterocycles. The topological polar surface area (TPSA) is 73.9 Å². The van der Waals surface area contributed by atoms with E-state index < -0.39 is 23.7 Å². The first-order valence-corrected chi connectivity index (χ1v) is 5.57. The summed E-state index contributed by atoms with van der Waals surface area (Å²) in [6.07, 6.45) is 0. The summed E-state index contributed by atoms with van der Waals surface area (Å²) in [5.41, 5.74) is 0.795. The molecule has 92 valence electrons. The molecule has 18 heavy (non-hydrogen) atoms. The molecule has 1 aromatic rings. The normalized spacial score (nSPS) is 13.2. The molecule has 1 rings (SSSR count). The second-order valence-electron chi connectivity index (χ2n) is 3.98. The van der Waals surface area contributed by atoms with Crippen LogP contribution >= 0.6 is 0 Å². The molecule has 1 aromatic carbocycles. The van der Waals surface area contributed by atoms with Gasteiger partial charge in [0.25, 0.3) is 0 Å². The SMILES string of the molecule is COC(=O)[C@H](C)[C@@H](c1ccccc1)C(C#N)C#N. The second-order valence-corrected chi connectivity index (χ2v) is 3.98. The fraction of sp³-hybridized carbons (Fsp3) is 0.357. The van der Waals surface area contributed by atoms with E-state index >= 15 is 0 Å². The first kappa shape index (κ1) is 13.7. The van der Waals surface area contributed by atoms with E-state index in [0.717, 1.165) is 5.56 Å². The predicted octanol–water partition coefficient (Wildman–Crippen LogP) is 2.24. The molecule has 4 heteroatoms. The fourth-order valence-corrected chi connectivity index (χ4v) is 1.97. The molecule has 0 aromatic heterocycles. The Labute approximate surface area is 106 Å². The average Bonchev–Trinajstić information content (AvgIpc) is 2.43. The third-order valence-corrected chi connectivity index (χ3v) is 2.93. The molecule has 2 atom stereocenters. The lowest BCUT2D eigenvalue weighted by Crippen LogP contribution is -2.25. The number of benzene rings is 1. The van der Waals surface area contributed by atoms with Crippen molar-refractivity contribution in [2.75, 3.05) is 7.11 Å². The molecular formula is C14H14N2O2. The van der Waals surface area contributed by atoms with Crippen LogP contribution in [0.4, 0.5) is 0 Å². The zero-order valence-electron chi connectivity index (χ0n) is 10.3. The monoisotopic (exact) mass is 242 g/mol. The zero-order valence-corrected chi connectivity index (χ0v) is 10.3. The van der Waals surface area contributed by atoms with Crippen LogP contribution < -0.4 is 0 Å². The van der Waals surface area contributed by atoms with Crippen LogP contribution in [0.5, 0.6) is 0 Å². The molecule has 0 aliphatic rings. The molecule has 0 N–H and O–H groups in total. The number of esters is 1. The number of hydrogen-bond donors (Lipinski definition) is 0. The summed E-state index contributed by atoms with van der Waals surface area (Å²) in [6.45, 7) is 1.67. The zero-order chi connectivity index (χ0) is 13.5. The van der Waals surface area contributed by atoms with Crippen molar-refractivity contribution in [1.82, 2.24) is 0 Å². The summed E-state index contributed by atoms with van der Waals surface area (Å²) in [7, 11) is 1.30. The van der Waals surface area contributed by atoms with Gasteiger partial charge in [-0.1, -0.05) is 37.3 Å². The second kappa shape index (κ2) is 6.42. The highest BCUT2D eigenvalue weighted by molar-refractivity contribution is 5.73. The van der Waals surface area contributed by atoms with Crippen LogP contribution in [0.2, 0.25) is 0 Å². The molecule has 0 bridgehead atoms. The average molecular weight is 242 g/mol. The number of methoxy groups -OCH3 is 1. The first-order valence-electron chi connectivity index (χ1n) is 5.57. The third-order valence-electron chi connectivity index (χ3n) is 2.93. The predicted molar refractivity (Wildman–Crippen MR) is 65.1 cm³/mol.